The van der Waals surface area contributed by atoms with Crippen LogP contribution < -0.4 is 10.4 Å². The molecule has 2 aliphatic heterocycles. The standard InChI is InChI=1S/C23H20ClN5O4S2/c1-12-3-6-16(7-4-12)35(32,33)26-22(34)27-11-15-9-18(27)20-21(30)29(23(31)28(15)20)17-8-5-14(10-25)19(24)13(17)2/h3-8,15,18,30H,9,11H2,1-2H3,(H,26,34). The fourth-order valence-corrected chi connectivity index (χ4v) is 6.53. The Hall–Kier alpha value is -3.33. The van der Waals surface area contributed by atoms with Gasteiger partial charge in [0.2, 0.25) is 5.88 Å². The summed E-state index contributed by atoms with van der Waals surface area (Å²) < 4.78 is 30.8. The predicted octanol–water partition coefficient (Wildman–Crippen LogP) is 3.05. The highest BCUT2D eigenvalue weighted by Gasteiger charge is 2.48. The van der Waals surface area contributed by atoms with Crippen molar-refractivity contribution in [3.8, 4) is 17.6 Å². The van der Waals surface area contributed by atoms with Crippen molar-refractivity contribution < 1.29 is 13.5 Å². The topological polar surface area (TPSA) is 120 Å². The lowest BCUT2D eigenvalue weighted by atomic mass is 10.1. The molecule has 1 fully saturated rings. The maximum atomic E-state index is 13.3. The number of nitrogens with zero attached hydrogens (tertiary/aromatic N) is 4. The molecule has 2 unspecified atom stereocenters. The monoisotopic (exact) mass is 529 g/mol. The van der Waals surface area contributed by atoms with Gasteiger partial charge in [0.25, 0.3) is 10.0 Å². The van der Waals surface area contributed by atoms with E-state index < -0.39 is 21.8 Å². The number of aromatic hydroxyl groups is 1. The molecule has 2 atom stereocenters. The van der Waals surface area contributed by atoms with E-state index in [0.29, 0.717) is 29.9 Å². The van der Waals surface area contributed by atoms with Gasteiger partial charge in [-0.15, -0.1) is 0 Å². The minimum Gasteiger partial charge on any atom is -0.493 e. The summed E-state index contributed by atoms with van der Waals surface area (Å²) in [5, 5.41) is 20.5. The Morgan fingerprint density at radius 2 is 1.91 bits per heavy atom. The third-order valence-electron chi connectivity index (χ3n) is 6.59. The van der Waals surface area contributed by atoms with Crippen LogP contribution in [0.4, 0.5) is 0 Å². The van der Waals surface area contributed by atoms with Crippen LogP contribution in [-0.2, 0) is 10.0 Å². The van der Waals surface area contributed by atoms with E-state index in [1.807, 2.05) is 13.0 Å². The first-order valence-electron chi connectivity index (χ1n) is 10.7. The number of nitrogens with one attached hydrogen (secondary N) is 1. The zero-order valence-electron chi connectivity index (χ0n) is 18.7. The van der Waals surface area contributed by atoms with Gasteiger partial charge in [-0.3, -0.25) is 9.29 Å². The lowest BCUT2D eigenvalue weighted by Gasteiger charge is -2.29. The quantitative estimate of drug-likeness (QED) is 0.500. The van der Waals surface area contributed by atoms with E-state index in [9.17, 15) is 23.6 Å². The highest BCUT2D eigenvalue weighted by molar-refractivity contribution is 7.91. The van der Waals surface area contributed by atoms with Gasteiger partial charge in [0.05, 0.1) is 33.3 Å². The van der Waals surface area contributed by atoms with Crippen LogP contribution >= 0.6 is 23.8 Å². The van der Waals surface area contributed by atoms with Crippen LogP contribution in [0.3, 0.4) is 0 Å². The predicted molar refractivity (Wildman–Crippen MR) is 133 cm³/mol. The number of hydrogen-bond acceptors (Lipinski definition) is 6. The first-order chi connectivity index (χ1) is 16.5. The fraction of sp³-hybridized carbons (Fsp3) is 0.261. The van der Waals surface area contributed by atoms with Gasteiger partial charge in [-0.25, -0.2) is 17.8 Å². The first kappa shape index (κ1) is 23.4. The largest absolute Gasteiger partial charge is 0.493 e. The van der Waals surface area contributed by atoms with Gasteiger partial charge >= 0.3 is 5.69 Å². The van der Waals surface area contributed by atoms with Gasteiger partial charge in [0.1, 0.15) is 11.8 Å². The Morgan fingerprint density at radius 1 is 1.23 bits per heavy atom. The minimum absolute atomic E-state index is 0.00141. The molecule has 3 heterocycles. The van der Waals surface area contributed by atoms with Crippen LogP contribution in [0.25, 0.3) is 5.69 Å². The normalized spacial score (nSPS) is 18.4. The molecule has 1 saturated heterocycles. The maximum absolute atomic E-state index is 13.3. The fourth-order valence-electron chi connectivity index (χ4n) is 4.84. The molecule has 0 amide bonds. The van der Waals surface area contributed by atoms with Crippen molar-refractivity contribution in [2.75, 3.05) is 6.54 Å². The van der Waals surface area contributed by atoms with Crippen LogP contribution in [0.2, 0.25) is 5.02 Å². The summed E-state index contributed by atoms with van der Waals surface area (Å²) in [6.45, 7) is 3.85. The Bertz CT molecular complexity index is 1600. The molecule has 0 spiro atoms. The summed E-state index contributed by atoms with van der Waals surface area (Å²) in [7, 11) is -3.89. The van der Waals surface area contributed by atoms with Gasteiger partial charge in [-0.2, -0.15) is 5.26 Å². The van der Waals surface area contributed by atoms with Crippen LogP contribution in [-0.4, -0.2) is 39.2 Å². The number of imidazole rings is 1. The molecule has 2 aliphatic rings. The van der Waals surface area contributed by atoms with Crippen molar-refractivity contribution in [1.82, 2.24) is 18.8 Å². The smallest absolute Gasteiger partial charge is 0.336 e. The van der Waals surface area contributed by atoms with Gasteiger partial charge in [-0.05, 0) is 62.3 Å². The molecule has 2 bridgehead atoms. The van der Waals surface area contributed by atoms with Gasteiger partial charge < -0.3 is 10.0 Å². The van der Waals surface area contributed by atoms with Crippen molar-refractivity contribution in [3.05, 3.63) is 74.3 Å². The number of likely N-dealkylation sites (tertiary alicyclic amines) is 1. The number of fused-ring (bicyclic) bond motifs is 5. The molecule has 180 valence electrons. The number of nitriles is 1. The van der Waals surface area contributed by atoms with Crippen molar-refractivity contribution >= 4 is 39.0 Å². The summed E-state index contributed by atoms with van der Waals surface area (Å²) >= 11 is 11.7. The molecular formula is C23H20ClN5O4S2. The van der Waals surface area contributed by atoms with Crippen molar-refractivity contribution in [1.29, 1.82) is 5.26 Å². The zero-order chi connectivity index (χ0) is 25.2. The van der Waals surface area contributed by atoms with Crippen molar-refractivity contribution in [3.63, 3.8) is 0 Å². The lowest BCUT2D eigenvalue weighted by molar-refractivity contribution is 0.337. The SMILES string of the molecule is Cc1ccc(S(=O)(=O)NC(=S)N2CC3CC2c2c(O)n(-c4ccc(C#N)c(Cl)c4C)c(=O)n23)cc1. The second-order valence-corrected chi connectivity index (χ2v) is 11.1. The van der Waals surface area contributed by atoms with E-state index in [2.05, 4.69) is 4.72 Å². The number of benzene rings is 2. The van der Waals surface area contributed by atoms with Crippen LogP contribution in [0.1, 0.15) is 40.9 Å². The molecule has 35 heavy (non-hydrogen) atoms. The summed E-state index contributed by atoms with van der Waals surface area (Å²) in [5.74, 6) is -0.264. The third kappa shape index (κ3) is 3.52. The molecule has 5 rings (SSSR count). The first-order valence-corrected chi connectivity index (χ1v) is 13.0. The summed E-state index contributed by atoms with van der Waals surface area (Å²) in [6, 6.07) is 10.7. The highest BCUT2D eigenvalue weighted by Crippen LogP contribution is 2.48. The van der Waals surface area contributed by atoms with E-state index in [1.165, 1.54) is 27.3 Å². The molecule has 9 nitrogen and oxygen atoms in total. The maximum Gasteiger partial charge on any atom is 0.336 e. The highest BCUT2D eigenvalue weighted by atomic mass is 35.5. The van der Waals surface area contributed by atoms with Gasteiger partial charge in [0, 0.05) is 6.54 Å². The second kappa shape index (κ2) is 8.12. The number of halogens is 1. The molecule has 2 N–H and O–H groups in total. The molecule has 1 aromatic heterocycles. The lowest BCUT2D eigenvalue weighted by Crippen LogP contribution is -2.45. The number of sulfonamides is 1. The van der Waals surface area contributed by atoms with Gasteiger partial charge in [-0.1, -0.05) is 29.3 Å². The molecule has 0 radical (unpaired) electrons. The molecule has 12 heteroatoms. The zero-order valence-corrected chi connectivity index (χ0v) is 21.1. The number of hydrogen-bond donors (Lipinski definition) is 2. The molecule has 2 aromatic carbocycles. The Balaban J connectivity index is 1.49. The molecule has 0 aliphatic carbocycles. The summed E-state index contributed by atoms with van der Waals surface area (Å²) in [4.78, 5) is 15.1. The Labute approximate surface area is 211 Å². The van der Waals surface area contributed by atoms with Crippen LogP contribution in [0.15, 0.2) is 46.1 Å². The average molecular weight is 530 g/mol. The Kier molecular flexibility index (Phi) is 5.43. The average Bonchev–Trinajstić information content (AvgIpc) is 3.47. The second-order valence-electron chi connectivity index (χ2n) is 8.66. The molecule has 3 aromatic rings. The van der Waals surface area contributed by atoms with Crippen molar-refractivity contribution in [2.24, 2.45) is 0 Å². The van der Waals surface area contributed by atoms with Crippen LogP contribution in [0, 0.1) is 25.2 Å². The van der Waals surface area contributed by atoms with E-state index in [1.54, 1.807) is 30.0 Å². The number of aryl methyl sites for hydroxylation is 1. The van der Waals surface area contributed by atoms with Crippen LogP contribution in [0.5, 0.6) is 5.88 Å². The van der Waals surface area contributed by atoms with Crippen molar-refractivity contribution in [2.45, 2.75) is 37.2 Å². The number of aromatic nitrogens is 2. The third-order valence-corrected chi connectivity index (χ3v) is 8.90. The minimum atomic E-state index is -3.89. The van der Waals surface area contributed by atoms with E-state index >= 15 is 0 Å². The van der Waals surface area contributed by atoms with E-state index in [0.717, 1.165) is 5.56 Å². The number of thiocarbonyl (C=S) groups is 1. The summed E-state index contributed by atoms with van der Waals surface area (Å²) in [5.41, 5.74) is 1.98. The Morgan fingerprint density at radius 3 is 2.57 bits per heavy atom. The van der Waals surface area contributed by atoms with E-state index in [4.69, 9.17) is 23.8 Å². The molecular weight excluding hydrogens is 510 g/mol. The number of rotatable bonds is 3. The van der Waals surface area contributed by atoms with Gasteiger partial charge in [0.15, 0.2) is 5.11 Å². The summed E-state index contributed by atoms with van der Waals surface area (Å²) in [6.07, 6.45) is 0.512. The molecule has 0 saturated carbocycles. The van der Waals surface area contributed by atoms with E-state index in [-0.39, 0.29) is 32.5 Å².